The average molecular weight is 348 g/mol. The van der Waals surface area contributed by atoms with E-state index < -0.39 is 6.03 Å². The van der Waals surface area contributed by atoms with Gasteiger partial charge in [0.25, 0.3) is 5.91 Å². The molecule has 3 aromatic rings. The van der Waals surface area contributed by atoms with Crippen molar-refractivity contribution in [3.05, 3.63) is 60.1 Å². The maximum absolute atomic E-state index is 12.3. The van der Waals surface area contributed by atoms with E-state index in [1.54, 1.807) is 13.2 Å². The number of urea groups is 1. The molecule has 7 nitrogen and oxygen atoms in total. The molecule has 2 aromatic heterocycles. The molecule has 1 saturated heterocycles. The number of amides is 3. The van der Waals surface area contributed by atoms with E-state index in [1.165, 1.54) is 7.05 Å². The highest BCUT2D eigenvalue weighted by molar-refractivity contribution is 6.13. The topological polar surface area (TPSA) is 75.9 Å². The Morgan fingerprint density at radius 2 is 1.88 bits per heavy atom. The summed E-state index contributed by atoms with van der Waals surface area (Å²) >= 11 is 0. The number of aromatic nitrogens is 2. The van der Waals surface area contributed by atoms with Crippen LogP contribution in [0.3, 0.4) is 0 Å². The Bertz CT molecular complexity index is 1070. The van der Waals surface area contributed by atoms with Crippen molar-refractivity contribution in [1.82, 2.24) is 19.6 Å². The first kappa shape index (κ1) is 15.9. The molecule has 0 bridgehead atoms. The lowest BCUT2D eigenvalue weighted by atomic mass is 10.1. The van der Waals surface area contributed by atoms with Crippen molar-refractivity contribution in [2.75, 3.05) is 14.2 Å². The Morgan fingerprint density at radius 3 is 2.62 bits per heavy atom. The molecule has 0 aliphatic carbocycles. The Morgan fingerprint density at radius 1 is 1.12 bits per heavy atom. The molecule has 1 aromatic carbocycles. The summed E-state index contributed by atoms with van der Waals surface area (Å²) in [6.45, 7) is 0. The quantitative estimate of drug-likeness (QED) is 0.583. The van der Waals surface area contributed by atoms with Crippen LogP contribution in [-0.2, 0) is 4.79 Å². The molecular weight excluding hydrogens is 332 g/mol. The van der Waals surface area contributed by atoms with E-state index in [-0.39, 0.29) is 11.6 Å². The minimum Gasteiger partial charge on any atom is -0.496 e. The van der Waals surface area contributed by atoms with Gasteiger partial charge in [0.15, 0.2) is 0 Å². The summed E-state index contributed by atoms with van der Waals surface area (Å²) in [5.74, 6) is 0.293. The summed E-state index contributed by atoms with van der Waals surface area (Å²) in [6.07, 6.45) is 3.50. The molecule has 0 spiro atoms. The first-order valence-corrected chi connectivity index (χ1v) is 8.01. The SMILES string of the molecule is COc1ccccc1-c1nc2ccccn2c1/C=C1\NC(=O)N(C)C1=O. The van der Waals surface area contributed by atoms with Crippen LogP contribution >= 0.6 is 0 Å². The zero-order chi connectivity index (χ0) is 18.3. The second-order valence-corrected chi connectivity index (χ2v) is 5.83. The fourth-order valence-electron chi connectivity index (χ4n) is 2.95. The van der Waals surface area contributed by atoms with E-state index in [2.05, 4.69) is 5.32 Å². The third-order valence-electron chi connectivity index (χ3n) is 4.29. The Kier molecular flexibility index (Phi) is 3.69. The van der Waals surface area contributed by atoms with Crippen LogP contribution in [0.15, 0.2) is 54.4 Å². The first-order valence-electron chi connectivity index (χ1n) is 8.01. The molecule has 1 N–H and O–H groups in total. The molecular formula is C19H16N4O3. The second-order valence-electron chi connectivity index (χ2n) is 5.83. The molecule has 1 fully saturated rings. The fraction of sp³-hybridized carbons (Fsp3) is 0.105. The third kappa shape index (κ3) is 2.41. The predicted molar refractivity (Wildman–Crippen MR) is 96.5 cm³/mol. The summed E-state index contributed by atoms with van der Waals surface area (Å²) in [5, 5.41) is 2.59. The molecule has 0 radical (unpaired) electrons. The summed E-state index contributed by atoms with van der Waals surface area (Å²) in [6, 6.07) is 12.7. The number of rotatable bonds is 3. The summed E-state index contributed by atoms with van der Waals surface area (Å²) in [7, 11) is 3.04. The highest BCUT2D eigenvalue weighted by Crippen LogP contribution is 2.33. The lowest BCUT2D eigenvalue weighted by Crippen LogP contribution is -2.25. The maximum atomic E-state index is 12.3. The number of carbonyl (C=O) groups is 2. The van der Waals surface area contributed by atoms with Gasteiger partial charge in [-0.1, -0.05) is 18.2 Å². The number of para-hydroxylation sites is 1. The van der Waals surface area contributed by atoms with Gasteiger partial charge in [0.05, 0.1) is 12.8 Å². The predicted octanol–water partition coefficient (Wildman–Crippen LogP) is 2.53. The normalized spacial score (nSPS) is 15.8. The van der Waals surface area contributed by atoms with Gasteiger partial charge in [0, 0.05) is 18.8 Å². The highest BCUT2D eigenvalue weighted by atomic mass is 16.5. The Labute approximate surface area is 149 Å². The monoisotopic (exact) mass is 348 g/mol. The largest absolute Gasteiger partial charge is 0.496 e. The number of pyridine rings is 1. The van der Waals surface area contributed by atoms with Gasteiger partial charge in [0.2, 0.25) is 0 Å². The number of nitrogens with zero attached hydrogens (tertiary/aromatic N) is 3. The van der Waals surface area contributed by atoms with E-state index in [1.807, 2.05) is 53.1 Å². The number of fused-ring (bicyclic) bond motifs is 1. The van der Waals surface area contributed by atoms with Crippen molar-refractivity contribution in [2.45, 2.75) is 0 Å². The zero-order valence-corrected chi connectivity index (χ0v) is 14.3. The van der Waals surface area contributed by atoms with Crippen molar-refractivity contribution in [3.8, 4) is 17.0 Å². The number of imidazole rings is 1. The number of hydrogen-bond donors (Lipinski definition) is 1. The minimum absolute atomic E-state index is 0.208. The van der Waals surface area contributed by atoms with Crippen molar-refractivity contribution >= 4 is 23.7 Å². The number of nitrogens with one attached hydrogen (secondary N) is 1. The molecule has 0 unspecified atom stereocenters. The molecule has 26 heavy (non-hydrogen) atoms. The van der Waals surface area contributed by atoms with Crippen LogP contribution < -0.4 is 10.1 Å². The van der Waals surface area contributed by atoms with Crippen LogP contribution in [0.4, 0.5) is 4.79 Å². The van der Waals surface area contributed by atoms with Crippen LogP contribution in [0, 0.1) is 0 Å². The Balaban J connectivity index is 1.97. The molecule has 0 saturated carbocycles. The second kappa shape index (κ2) is 6.03. The number of ether oxygens (including phenoxy) is 1. The number of carbonyl (C=O) groups excluding carboxylic acids is 2. The highest BCUT2D eigenvalue weighted by Gasteiger charge is 2.31. The molecule has 7 heteroatoms. The summed E-state index contributed by atoms with van der Waals surface area (Å²) in [4.78, 5) is 29.8. The van der Waals surface area contributed by atoms with Gasteiger partial charge in [-0.3, -0.25) is 14.1 Å². The van der Waals surface area contributed by atoms with E-state index >= 15 is 0 Å². The summed E-state index contributed by atoms with van der Waals surface area (Å²) in [5.41, 5.74) is 3.09. The number of imide groups is 1. The lowest BCUT2D eigenvalue weighted by Gasteiger charge is -2.07. The minimum atomic E-state index is -0.450. The van der Waals surface area contributed by atoms with E-state index in [0.29, 0.717) is 17.1 Å². The van der Waals surface area contributed by atoms with E-state index in [4.69, 9.17) is 9.72 Å². The molecule has 130 valence electrons. The van der Waals surface area contributed by atoms with Gasteiger partial charge < -0.3 is 10.1 Å². The number of hydrogen-bond acceptors (Lipinski definition) is 4. The number of likely N-dealkylation sites (N-methyl/N-ethyl adjacent to an activating group) is 1. The van der Waals surface area contributed by atoms with Gasteiger partial charge in [-0.15, -0.1) is 0 Å². The molecule has 3 heterocycles. The zero-order valence-electron chi connectivity index (χ0n) is 14.3. The van der Waals surface area contributed by atoms with Gasteiger partial charge in [-0.25, -0.2) is 9.78 Å². The van der Waals surface area contributed by atoms with Crippen molar-refractivity contribution in [1.29, 1.82) is 0 Å². The number of methoxy groups -OCH3 is 1. The van der Waals surface area contributed by atoms with E-state index in [0.717, 1.165) is 16.1 Å². The first-order chi connectivity index (χ1) is 12.6. The van der Waals surface area contributed by atoms with Crippen LogP contribution in [-0.4, -0.2) is 40.4 Å². The van der Waals surface area contributed by atoms with E-state index in [9.17, 15) is 9.59 Å². The van der Waals surface area contributed by atoms with Crippen LogP contribution in [0.5, 0.6) is 5.75 Å². The van der Waals surface area contributed by atoms with Crippen molar-refractivity contribution in [3.63, 3.8) is 0 Å². The molecule has 3 amide bonds. The third-order valence-corrected chi connectivity index (χ3v) is 4.29. The molecule has 1 aliphatic heterocycles. The van der Waals surface area contributed by atoms with Gasteiger partial charge in [-0.2, -0.15) is 0 Å². The van der Waals surface area contributed by atoms with Gasteiger partial charge in [0.1, 0.15) is 22.8 Å². The summed E-state index contributed by atoms with van der Waals surface area (Å²) < 4.78 is 7.33. The van der Waals surface area contributed by atoms with Crippen molar-refractivity contribution in [2.24, 2.45) is 0 Å². The smallest absolute Gasteiger partial charge is 0.328 e. The standard InChI is InChI=1S/C19H16N4O3/c1-22-18(24)13(20-19(22)25)11-14-17(12-7-3-4-8-15(12)26-2)21-16-9-5-6-10-23(14)16/h3-11H,1-2H3,(H,20,25)/b13-11-. The van der Waals surface area contributed by atoms with Crippen LogP contribution in [0.1, 0.15) is 5.69 Å². The Hall–Kier alpha value is -3.61. The molecule has 0 atom stereocenters. The fourth-order valence-corrected chi connectivity index (χ4v) is 2.95. The maximum Gasteiger partial charge on any atom is 0.328 e. The van der Waals surface area contributed by atoms with Crippen LogP contribution in [0.2, 0.25) is 0 Å². The molecule has 4 rings (SSSR count). The molecule has 1 aliphatic rings. The lowest BCUT2D eigenvalue weighted by molar-refractivity contribution is -0.121. The van der Waals surface area contributed by atoms with Crippen molar-refractivity contribution < 1.29 is 14.3 Å². The van der Waals surface area contributed by atoms with Crippen LogP contribution in [0.25, 0.3) is 23.0 Å². The average Bonchev–Trinajstić information content (AvgIpc) is 3.15. The number of benzene rings is 1. The van der Waals surface area contributed by atoms with Gasteiger partial charge in [-0.05, 0) is 30.3 Å². The van der Waals surface area contributed by atoms with Gasteiger partial charge >= 0.3 is 6.03 Å².